The largest absolute Gasteiger partial charge is 0.490 e. The molecule has 4 atom stereocenters. The summed E-state index contributed by atoms with van der Waals surface area (Å²) >= 11 is 0. The Morgan fingerprint density at radius 3 is 2.43 bits per heavy atom. The van der Waals surface area contributed by atoms with Crippen molar-refractivity contribution in [2.75, 3.05) is 64.6 Å². The van der Waals surface area contributed by atoms with Crippen LogP contribution in [0.1, 0.15) is 63.2 Å². The molecule has 0 bridgehead atoms. The number of carbonyl (C=O) groups excluding carboxylic acids is 3. The Morgan fingerprint density at radius 2 is 1.74 bits per heavy atom. The van der Waals surface area contributed by atoms with Gasteiger partial charge in [0.2, 0.25) is 5.91 Å². The lowest BCUT2D eigenvalue weighted by molar-refractivity contribution is -0.132. The molecule has 0 aromatic heterocycles. The number of benzene rings is 2. The lowest BCUT2D eigenvalue weighted by Crippen LogP contribution is -2.48. The maximum atomic E-state index is 14.3. The average Bonchev–Trinajstić information content (AvgIpc) is 3.03. The quantitative estimate of drug-likeness (QED) is 0.326. The van der Waals surface area contributed by atoms with Gasteiger partial charge in [-0.15, -0.1) is 0 Å². The van der Waals surface area contributed by atoms with E-state index in [1.165, 1.54) is 24.3 Å². The van der Waals surface area contributed by atoms with Crippen LogP contribution < -0.4 is 15.4 Å². The number of halogens is 1. The number of ether oxygens (including phenoxy) is 2. The van der Waals surface area contributed by atoms with Crippen molar-refractivity contribution in [1.29, 1.82) is 0 Å². The number of likely N-dealkylation sites (N-methyl/N-ethyl adjacent to an activating group) is 1. The summed E-state index contributed by atoms with van der Waals surface area (Å²) in [5.74, 6) is -0.546. The molecule has 1 aliphatic rings. The molecule has 3 N–H and O–H groups in total. The van der Waals surface area contributed by atoms with E-state index in [1.807, 2.05) is 27.9 Å². The number of nitrogens with one attached hydrogen (secondary N) is 2. The molecular formula is C35H52FN5O6. The van der Waals surface area contributed by atoms with Crippen LogP contribution in [-0.4, -0.2) is 110 Å². The van der Waals surface area contributed by atoms with E-state index in [0.717, 1.165) is 32.2 Å². The normalized spacial score (nSPS) is 20.1. The van der Waals surface area contributed by atoms with Gasteiger partial charge in [0, 0.05) is 50.5 Å². The van der Waals surface area contributed by atoms with Crippen molar-refractivity contribution in [3.05, 3.63) is 53.8 Å². The molecule has 0 fully saturated rings. The molecule has 0 aliphatic carbocycles. The fraction of sp³-hybridized carbons (Fsp3) is 0.571. The van der Waals surface area contributed by atoms with Gasteiger partial charge in [0.05, 0.1) is 30.4 Å². The highest BCUT2D eigenvalue weighted by Gasteiger charge is 2.31. The minimum Gasteiger partial charge on any atom is -0.490 e. The van der Waals surface area contributed by atoms with Gasteiger partial charge in [0.25, 0.3) is 5.91 Å². The molecule has 11 nitrogen and oxygen atoms in total. The second kappa shape index (κ2) is 18.6. The number of amides is 4. The molecule has 47 heavy (non-hydrogen) atoms. The summed E-state index contributed by atoms with van der Waals surface area (Å²) in [7, 11) is 5.75. The topological polar surface area (TPSA) is 124 Å². The lowest BCUT2D eigenvalue weighted by Gasteiger charge is -2.36. The van der Waals surface area contributed by atoms with Crippen molar-refractivity contribution < 1.29 is 33.4 Å². The summed E-state index contributed by atoms with van der Waals surface area (Å²) in [6.07, 6.45) is 3.06. The summed E-state index contributed by atoms with van der Waals surface area (Å²) in [4.78, 5) is 45.3. The molecule has 0 radical (unpaired) electrons. The number of anilines is 2. The molecule has 260 valence electrons. The molecule has 4 amide bonds. The summed E-state index contributed by atoms with van der Waals surface area (Å²) in [6.45, 7) is 7.41. The maximum absolute atomic E-state index is 14.3. The average molecular weight is 658 g/mol. The highest BCUT2D eigenvalue weighted by Crippen LogP contribution is 2.29. The molecule has 0 spiro atoms. The summed E-state index contributed by atoms with van der Waals surface area (Å²) in [6, 6.07) is 9.17. The van der Waals surface area contributed by atoms with Gasteiger partial charge in [-0.25, -0.2) is 9.18 Å². The zero-order valence-corrected chi connectivity index (χ0v) is 28.6. The van der Waals surface area contributed by atoms with Crippen molar-refractivity contribution in [3.63, 3.8) is 0 Å². The van der Waals surface area contributed by atoms with E-state index in [0.29, 0.717) is 36.7 Å². The van der Waals surface area contributed by atoms with Crippen LogP contribution in [0.5, 0.6) is 5.75 Å². The Balaban J connectivity index is 1.87. The van der Waals surface area contributed by atoms with Crippen molar-refractivity contribution in [1.82, 2.24) is 14.7 Å². The highest BCUT2D eigenvalue weighted by molar-refractivity contribution is 6.02. The number of urea groups is 1. The standard InChI is InChI=1S/C35H52FN5O6/c1-24-21-41(25(2)23-42)34(44)30-20-29(38-35(45)37-28-14-12-27(36)13-15-28)16-17-31(30)47-26(3)10-7-8-19-46-32(24)22-40(6)33(43)11-9-18-39(4)5/h12-17,20,24-26,32,42H,7-11,18-19,21-23H2,1-6H3,(H2,37,38,45)/t24-,25-,26-,32-/m0/s1. The number of rotatable bonds is 10. The molecular weight excluding hydrogens is 605 g/mol. The van der Waals surface area contributed by atoms with Gasteiger partial charge >= 0.3 is 6.03 Å². The van der Waals surface area contributed by atoms with Crippen molar-refractivity contribution >= 4 is 29.2 Å². The Labute approximate surface area is 278 Å². The molecule has 12 heteroatoms. The first-order valence-corrected chi connectivity index (χ1v) is 16.4. The fourth-order valence-electron chi connectivity index (χ4n) is 5.40. The van der Waals surface area contributed by atoms with Crippen LogP contribution in [0.2, 0.25) is 0 Å². The minimum absolute atomic E-state index is 0.0436. The van der Waals surface area contributed by atoms with Gasteiger partial charge in [-0.05, 0) is 103 Å². The van der Waals surface area contributed by atoms with E-state index in [2.05, 4.69) is 15.5 Å². The van der Waals surface area contributed by atoms with Crippen LogP contribution in [0.25, 0.3) is 0 Å². The van der Waals surface area contributed by atoms with Gasteiger partial charge in [0.1, 0.15) is 11.6 Å². The zero-order valence-electron chi connectivity index (χ0n) is 28.6. The number of aliphatic hydroxyl groups is 1. The predicted molar refractivity (Wildman–Crippen MR) is 181 cm³/mol. The van der Waals surface area contributed by atoms with E-state index in [-0.39, 0.29) is 48.7 Å². The van der Waals surface area contributed by atoms with Gasteiger partial charge in [-0.1, -0.05) is 6.92 Å². The third kappa shape index (κ3) is 12.1. The SMILES string of the molecule is C[C@H]1CCCCO[C@@H](CN(C)C(=O)CCCN(C)C)[C@@H](C)CN([C@@H](C)CO)C(=O)c2cc(NC(=O)Nc3ccc(F)cc3)ccc2O1. The van der Waals surface area contributed by atoms with Crippen LogP contribution in [0.4, 0.5) is 20.6 Å². The number of hydrogen-bond donors (Lipinski definition) is 3. The van der Waals surface area contributed by atoms with Crippen molar-refractivity contribution in [2.45, 2.75) is 71.1 Å². The van der Waals surface area contributed by atoms with Gasteiger partial charge in [-0.2, -0.15) is 0 Å². The van der Waals surface area contributed by atoms with Crippen LogP contribution >= 0.6 is 0 Å². The molecule has 1 heterocycles. The minimum atomic E-state index is -0.561. The van der Waals surface area contributed by atoms with Crippen LogP contribution in [0, 0.1) is 11.7 Å². The fourth-order valence-corrected chi connectivity index (χ4v) is 5.40. The summed E-state index contributed by atoms with van der Waals surface area (Å²) in [5.41, 5.74) is 1.01. The van der Waals surface area contributed by atoms with Crippen LogP contribution in [0.3, 0.4) is 0 Å². The second-order valence-electron chi connectivity index (χ2n) is 12.8. The Hall–Kier alpha value is -3.74. The molecule has 1 aliphatic heterocycles. The highest BCUT2D eigenvalue weighted by atomic mass is 19.1. The van der Waals surface area contributed by atoms with E-state index >= 15 is 0 Å². The maximum Gasteiger partial charge on any atom is 0.323 e. The Bertz CT molecular complexity index is 1310. The van der Waals surface area contributed by atoms with Crippen LogP contribution in [0.15, 0.2) is 42.5 Å². The lowest BCUT2D eigenvalue weighted by atomic mass is 10.0. The number of aliphatic hydroxyl groups excluding tert-OH is 1. The molecule has 0 unspecified atom stereocenters. The molecule has 0 saturated carbocycles. The first-order chi connectivity index (χ1) is 22.4. The first-order valence-electron chi connectivity index (χ1n) is 16.4. The monoisotopic (exact) mass is 657 g/mol. The Kier molecular flexibility index (Phi) is 14.9. The van der Waals surface area contributed by atoms with Crippen molar-refractivity contribution in [3.8, 4) is 5.75 Å². The third-order valence-corrected chi connectivity index (χ3v) is 8.29. The number of nitrogens with zero attached hydrogens (tertiary/aromatic N) is 3. The van der Waals surface area contributed by atoms with Gasteiger partial charge < -0.3 is 39.9 Å². The third-order valence-electron chi connectivity index (χ3n) is 8.29. The van der Waals surface area contributed by atoms with E-state index < -0.39 is 17.9 Å². The molecule has 2 aromatic carbocycles. The predicted octanol–water partition coefficient (Wildman–Crippen LogP) is 5.07. The second-order valence-corrected chi connectivity index (χ2v) is 12.8. The van der Waals surface area contributed by atoms with E-state index in [4.69, 9.17) is 9.47 Å². The van der Waals surface area contributed by atoms with E-state index in [1.54, 1.807) is 42.0 Å². The smallest absolute Gasteiger partial charge is 0.323 e. The Morgan fingerprint density at radius 1 is 1.06 bits per heavy atom. The zero-order chi connectivity index (χ0) is 34.5. The number of hydrogen-bond acceptors (Lipinski definition) is 7. The summed E-state index contributed by atoms with van der Waals surface area (Å²) in [5, 5.41) is 15.6. The van der Waals surface area contributed by atoms with Crippen molar-refractivity contribution in [2.24, 2.45) is 5.92 Å². The number of fused-ring (bicyclic) bond motifs is 1. The first kappa shape index (κ1) is 37.7. The molecule has 2 aromatic rings. The van der Waals surface area contributed by atoms with Gasteiger partial charge in [0.15, 0.2) is 0 Å². The molecule has 0 saturated heterocycles. The van der Waals surface area contributed by atoms with Crippen LogP contribution in [-0.2, 0) is 9.53 Å². The molecule has 3 rings (SSSR count). The van der Waals surface area contributed by atoms with Gasteiger partial charge in [-0.3, -0.25) is 9.59 Å². The number of carbonyl (C=O) groups is 3. The summed E-state index contributed by atoms with van der Waals surface area (Å²) < 4.78 is 25.9. The van der Waals surface area contributed by atoms with E-state index in [9.17, 15) is 23.9 Å².